The fourth-order valence-electron chi connectivity index (χ4n) is 3.49. The van der Waals surface area contributed by atoms with Crippen molar-refractivity contribution in [2.24, 2.45) is 11.0 Å². The van der Waals surface area contributed by atoms with Gasteiger partial charge in [-0.25, -0.2) is 15.1 Å². The third-order valence-electron chi connectivity index (χ3n) is 5.36. The van der Waals surface area contributed by atoms with Gasteiger partial charge in [0, 0.05) is 28.1 Å². The summed E-state index contributed by atoms with van der Waals surface area (Å²) in [6.07, 6.45) is 0.946. The maximum absolute atomic E-state index is 12.8. The number of halogens is 1. The van der Waals surface area contributed by atoms with Gasteiger partial charge in [0.25, 0.3) is 17.7 Å². The standard InChI is InChI=1S/C26H20ClN5O5/c1-15-3-2-4-17(13-15)22(33)29-19-9-5-16(6-10-19)23(34)31-28-14-21-24(35)30-26(37)32(25(21)36)20-11-7-18(27)8-12-20/h2-14,21H,1H3,(H,29,33)(H,31,34)(H,30,35,37)/b28-14-/t21-/m0/s1. The molecule has 3 aromatic rings. The van der Waals surface area contributed by atoms with E-state index < -0.39 is 29.7 Å². The SMILES string of the molecule is Cc1cccc(C(=O)Nc2ccc(C(=O)N/N=C\[C@H]3C(=O)NC(=O)N(c4ccc(Cl)cc4)C3=O)cc2)c1. The number of benzene rings is 3. The number of barbiturate groups is 1. The Morgan fingerprint density at radius 3 is 2.32 bits per heavy atom. The topological polar surface area (TPSA) is 137 Å². The van der Waals surface area contributed by atoms with E-state index in [9.17, 15) is 24.0 Å². The lowest BCUT2D eigenvalue weighted by molar-refractivity contribution is -0.131. The third-order valence-corrected chi connectivity index (χ3v) is 5.61. The molecule has 0 aliphatic carbocycles. The number of hydrogen-bond donors (Lipinski definition) is 3. The molecule has 10 nitrogen and oxygen atoms in total. The highest BCUT2D eigenvalue weighted by atomic mass is 35.5. The molecule has 3 aromatic carbocycles. The molecule has 1 atom stereocenters. The number of imide groups is 2. The molecule has 1 heterocycles. The van der Waals surface area contributed by atoms with Gasteiger partial charge in [-0.15, -0.1) is 0 Å². The molecule has 11 heteroatoms. The average molecular weight is 518 g/mol. The van der Waals surface area contributed by atoms with Crippen LogP contribution in [0, 0.1) is 12.8 Å². The number of amides is 6. The number of hydrazone groups is 1. The molecule has 0 bridgehead atoms. The van der Waals surface area contributed by atoms with Crippen LogP contribution in [-0.2, 0) is 9.59 Å². The number of nitrogens with zero attached hydrogens (tertiary/aromatic N) is 2. The number of anilines is 2. The number of nitrogens with one attached hydrogen (secondary N) is 3. The van der Waals surface area contributed by atoms with Crippen molar-refractivity contribution in [3.05, 3.63) is 94.5 Å². The Morgan fingerprint density at radius 1 is 0.946 bits per heavy atom. The van der Waals surface area contributed by atoms with E-state index >= 15 is 0 Å². The molecule has 6 amide bonds. The highest BCUT2D eigenvalue weighted by Crippen LogP contribution is 2.22. The lowest BCUT2D eigenvalue weighted by Crippen LogP contribution is -2.58. The fraction of sp³-hybridized carbons (Fsp3) is 0.0769. The Morgan fingerprint density at radius 2 is 1.65 bits per heavy atom. The summed E-state index contributed by atoms with van der Waals surface area (Å²) in [6.45, 7) is 1.89. The first kappa shape index (κ1) is 25.3. The van der Waals surface area contributed by atoms with Crippen LogP contribution in [0.5, 0.6) is 0 Å². The van der Waals surface area contributed by atoms with Crippen molar-refractivity contribution >= 4 is 58.9 Å². The molecule has 1 fully saturated rings. The van der Waals surface area contributed by atoms with E-state index in [-0.39, 0.29) is 17.2 Å². The van der Waals surface area contributed by atoms with E-state index in [4.69, 9.17) is 11.6 Å². The zero-order valence-corrected chi connectivity index (χ0v) is 20.2. The molecule has 0 spiro atoms. The lowest BCUT2D eigenvalue weighted by atomic mass is 10.1. The highest BCUT2D eigenvalue weighted by molar-refractivity contribution is 6.33. The number of carbonyl (C=O) groups excluding carboxylic acids is 5. The Hall–Kier alpha value is -4.83. The summed E-state index contributed by atoms with van der Waals surface area (Å²) in [6, 6.07) is 18.2. The van der Waals surface area contributed by atoms with Crippen LogP contribution in [-0.4, -0.2) is 35.9 Å². The minimum Gasteiger partial charge on any atom is -0.322 e. The summed E-state index contributed by atoms with van der Waals surface area (Å²) in [5.41, 5.74) is 4.64. The smallest absolute Gasteiger partial charge is 0.322 e. The van der Waals surface area contributed by atoms with Crippen LogP contribution >= 0.6 is 11.6 Å². The maximum atomic E-state index is 12.8. The Kier molecular flexibility index (Phi) is 7.40. The highest BCUT2D eigenvalue weighted by Gasteiger charge is 2.40. The number of rotatable bonds is 6. The van der Waals surface area contributed by atoms with Gasteiger partial charge in [0.2, 0.25) is 5.91 Å². The molecule has 0 unspecified atom stereocenters. The van der Waals surface area contributed by atoms with Gasteiger partial charge in [-0.05, 0) is 67.6 Å². The molecule has 1 saturated heterocycles. The number of aryl methyl sites for hydroxylation is 1. The van der Waals surface area contributed by atoms with Crippen molar-refractivity contribution in [2.45, 2.75) is 6.92 Å². The second-order valence-electron chi connectivity index (χ2n) is 8.04. The monoisotopic (exact) mass is 517 g/mol. The number of urea groups is 1. The number of carbonyl (C=O) groups is 5. The first-order valence-electron chi connectivity index (χ1n) is 11.0. The average Bonchev–Trinajstić information content (AvgIpc) is 2.87. The molecule has 1 aliphatic heterocycles. The molecule has 3 N–H and O–H groups in total. The molecule has 0 radical (unpaired) electrons. The molecular weight excluding hydrogens is 498 g/mol. The first-order valence-corrected chi connectivity index (χ1v) is 11.4. The van der Waals surface area contributed by atoms with E-state index in [0.717, 1.165) is 16.7 Å². The Bertz CT molecular complexity index is 1420. The zero-order valence-electron chi connectivity index (χ0n) is 19.4. The normalized spacial score (nSPS) is 15.5. The van der Waals surface area contributed by atoms with Crippen LogP contribution in [0.15, 0.2) is 77.9 Å². The van der Waals surface area contributed by atoms with Crippen molar-refractivity contribution in [1.82, 2.24) is 10.7 Å². The number of hydrogen-bond acceptors (Lipinski definition) is 6. The van der Waals surface area contributed by atoms with Gasteiger partial charge in [-0.2, -0.15) is 5.10 Å². The van der Waals surface area contributed by atoms with Crippen molar-refractivity contribution in [2.75, 3.05) is 10.2 Å². The minimum absolute atomic E-state index is 0.219. The van der Waals surface area contributed by atoms with Crippen LogP contribution in [0.3, 0.4) is 0 Å². The van der Waals surface area contributed by atoms with Gasteiger partial charge in [0.05, 0.1) is 5.69 Å². The van der Waals surface area contributed by atoms with Crippen molar-refractivity contribution < 1.29 is 24.0 Å². The summed E-state index contributed by atoms with van der Waals surface area (Å²) in [5.74, 6) is -4.03. The zero-order chi connectivity index (χ0) is 26.5. The predicted octanol–water partition coefficient (Wildman–Crippen LogP) is 3.52. The maximum Gasteiger partial charge on any atom is 0.335 e. The molecule has 0 aromatic heterocycles. The van der Waals surface area contributed by atoms with E-state index in [1.165, 1.54) is 36.4 Å². The van der Waals surface area contributed by atoms with E-state index in [0.29, 0.717) is 16.3 Å². The van der Waals surface area contributed by atoms with Crippen LogP contribution in [0.2, 0.25) is 5.02 Å². The van der Waals surface area contributed by atoms with Gasteiger partial charge >= 0.3 is 6.03 Å². The molecule has 37 heavy (non-hydrogen) atoms. The van der Waals surface area contributed by atoms with Gasteiger partial charge in [0.1, 0.15) is 0 Å². The van der Waals surface area contributed by atoms with E-state index in [2.05, 4.69) is 21.2 Å². The summed E-state index contributed by atoms with van der Waals surface area (Å²) >= 11 is 5.85. The van der Waals surface area contributed by atoms with Crippen molar-refractivity contribution in [3.8, 4) is 0 Å². The van der Waals surface area contributed by atoms with Gasteiger partial charge in [0.15, 0.2) is 5.92 Å². The van der Waals surface area contributed by atoms with Crippen LogP contribution < -0.4 is 21.0 Å². The Labute approximate surface area is 216 Å². The van der Waals surface area contributed by atoms with Gasteiger partial charge < -0.3 is 5.32 Å². The minimum atomic E-state index is -1.44. The van der Waals surface area contributed by atoms with Crippen LogP contribution in [0.4, 0.5) is 16.2 Å². The lowest BCUT2D eigenvalue weighted by Gasteiger charge is -2.28. The molecule has 1 aliphatic rings. The molecule has 186 valence electrons. The second kappa shape index (κ2) is 10.8. The molecular formula is C26H20ClN5O5. The summed E-state index contributed by atoms with van der Waals surface area (Å²) < 4.78 is 0. The largest absolute Gasteiger partial charge is 0.335 e. The fourth-order valence-corrected chi connectivity index (χ4v) is 3.61. The second-order valence-corrected chi connectivity index (χ2v) is 8.48. The van der Waals surface area contributed by atoms with Gasteiger partial charge in [-0.1, -0.05) is 29.3 Å². The molecule has 0 saturated carbocycles. The van der Waals surface area contributed by atoms with Crippen molar-refractivity contribution in [3.63, 3.8) is 0 Å². The third kappa shape index (κ3) is 5.88. The van der Waals surface area contributed by atoms with Gasteiger partial charge in [-0.3, -0.25) is 24.5 Å². The summed E-state index contributed by atoms with van der Waals surface area (Å²) in [4.78, 5) is 62.8. The van der Waals surface area contributed by atoms with Crippen molar-refractivity contribution in [1.29, 1.82) is 0 Å². The van der Waals surface area contributed by atoms with Crippen LogP contribution in [0.1, 0.15) is 26.3 Å². The summed E-state index contributed by atoms with van der Waals surface area (Å²) in [7, 11) is 0. The molecule has 4 rings (SSSR count). The van der Waals surface area contributed by atoms with E-state index in [1.54, 1.807) is 30.3 Å². The Balaban J connectivity index is 1.38. The van der Waals surface area contributed by atoms with Crippen LogP contribution in [0.25, 0.3) is 0 Å². The van der Waals surface area contributed by atoms with E-state index in [1.807, 2.05) is 13.0 Å². The predicted molar refractivity (Wildman–Crippen MR) is 137 cm³/mol. The quantitative estimate of drug-likeness (QED) is 0.261. The first-order chi connectivity index (χ1) is 17.7. The summed E-state index contributed by atoms with van der Waals surface area (Å²) in [5, 5.41) is 8.97.